The summed E-state index contributed by atoms with van der Waals surface area (Å²) in [5, 5.41) is 12.4. The molecule has 0 fully saturated rings. The predicted octanol–water partition coefficient (Wildman–Crippen LogP) is 4.20. The standard InChI is InChI=1S/C17H14FNOS/c18-13-4-6-14(7-5-13)21-11-17(20)15-3-1-2-12-8-9-19-10-16(12)15/h1-10,17,20H,11H2. The smallest absolute Gasteiger partial charge is 0.123 e. The van der Waals surface area contributed by atoms with Gasteiger partial charge in [0.1, 0.15) is 5.82 Å². The fourth-order valence-corrected chi connectivity index (χ4v) is 3.08. The van der Waals surface area contributed by atoms with Gasteiger partial charge in [0.15, 0.2) is 0 Å². The van der Waals surface area contributed by atoms with Gasteiger partial charge in [0.25, 0.3) is 0 Å². The van der Waals surface area contributed by atoms with Crippen LogP contribution in [0.3, 0.4) is 0 Å². The average Bonchev–Trinajstić information content (AvgIpc) is 2.53. The van der Waals surface area contributed by atoms with E-state index < -0.39 is 6.10 Å². The second-order valence-electron chi connectivity index (χ2n) is 4.72. The molecular weight excluding hydrogens is 285 g/mol. The Bertz CT molecular complexity index is 740. The molecule has 2 aromatic carbocycles. The van der Waals surface area contributed by atoms with Crippen molar-refractivity contribution >= 4 is 22.5 Å². The van der Waals surface area contributed by atoms with Crippen molar-refractivity contribution in [1.82, 2.24) is 4.98 Å². The molecule has 1 unspecified atom stereocenters. The van der Waals surface area contributed by atoms with Crippen molar-refractivity contribution in [2.75, 3.05) is 5.75 Å². The van der Waals surface area contributed by atoms with Gasteiger partial charge in [-0.15, -0.1) is 11.8 Å². The molecule has 0 radical (unpaired) electrons. The van der Waals surface area contributed by atoms with Crippen LogP contribution in [0.2, 0.25) is 0 Å². The maximum atomic E-state index is 12.9. The van der Waals surface area contributed by atoms with Gasteiger partial charge in [0, 0.05) is 28.4 Å². The van der Waals surface area contributed by atoms with Gasteiger partial charge in [0.05, 0.1) is 6.10 Å². The highest BCUT2D eigenvalue weighted by Gasteiger charge is 2.11. The van der Waals surface area contributed by atoms with Crippen LogP contribution in [-0.4, -0.2) is 15.8 Å². The van der Waals surface area contributed by atoms with Crippen LogP contribution in [0.15, 0.2) is 65.8 Å². The van der Waals surface area contributed by atoms with Gasteiger partial charge in [-0.2, -0.15) is 0 Å². The Labute approximate surface area is 126 Å². The summed E-state index contributed by atoms with van der Waals surface area (Å²) >= 11 is 1.50. The average molecular weight is 299 g/mol. The Morgan fingerprint density at radius 3 is 2.71 bits per heavy atom. The molecule has 0 spiro atoms. The number of fused-ring (bicyclic) bond motifs is 1. The summed E-state index contributed by atoms with van der Waals surface area (Å²) in [6, 6.07) is 14.1. The summed E-state index contributed by atoms with van der Waals surface area (Å²) in [5.74, 6) is 0.264. The maximum absolute atomic E-state index is 12.9. The molecule has 3 rings (SSSR count). The minimum Gasteiger partial charge on any atom is -0.388 e. The first-order valence-corrected chi connectivity index (χ1v) is 7.61. The number of hydrogen-bond donors (Lipinski definition) is 1. The van der Waals surface area contributed by atoms with Crippen molar-refractivity contribution in [1.29, 1.82) is 0 Å². The summed E-state index contributed by atoms with van der Waals surface area (Å²) in [6.07, 6.45) is 2.93. The zero-order valence-electron chi connectivity index (χ0n) is 11.2. The molecule has 0 saturated heterocycles. The van der Waals surface area contributed by atoms with Crippen LogP contribution >= 0.6 is 11.8 Å². The van der Waals surface area contributed by atoms with Gasteiger partial charge in [-0.3, -0.25) is 4.98 Å². The first kappa shape index (κ1) is 14.0. The van der Waals surface area contributed by atoms with Crippen molar-refractivity contribution in [3.8, 4) is 0 Å². The normalized spacial score (nSPS) is 12.5. The SMILES string of the molecule is OC(CSc1ccc(F)cc1)c1cccc2ccncc12. The number of nitrogens with zero attached hydrogens (tertiary/aromatic N) is 1. The third kappa shape index (κ3) is 3.23. The molecule has 4 heteroatoms. The van der Waals surface area contributed by atoms with Gasteiger partial charge in [0.2, 0.25) is 0 Å². The number of aliphatic hydroxyl groups excluding tert-OH is 1. The molecule has 0 amide bonds. The highest BCUT2D eigenvalue weighted by atomic mass is 32.2. The first-order chi connectivity index (χ1) is 10.2. The van der Waals surface area contributed by atoms with Crippen LogP contribution in [0.4, 0.5) is 4.39 Å². The van der Waals surface area contributed by atoms with Crippen LogP contribution < -0.4 is 0 Å². The second-order valence-corrected chi connectivity index (χ2v) is 5.82. The van der Waals surface area contributed by atoms with E-state index in [1.54, 1.807) is 24.5 Å². The topological polar surface area (TPSA) is 33.1 Å². The molecule has 1 N–H and O–H groups in total. The van der Waals surface area contributed by atoms with Crippen molar-refractivity contribution in [2.45, 2.75) is 11.0 Å². The molecule has 0 saturated carbocycles. The lowest BCUT2D eigenvalue weighted by atomic mass is 10.0. The number of rotatable bonds is 4. The number of aromatic nitrogens is 1. The molecule has 1 atom stereocenters. The van der Waals surface area contributed by atoms with Crippen LogP contribution in [0.5, 0.6) is 0 Å². The third-order valence-electron chi connectivity index (χ3n) is 3.30. The van der Waals surface area contributed by atoms with Gasteiger partial charge in [-0.05, 0) is 41.3 Å². The minimum atomic E-state index is -0.590. The van der Waals surface area contributed by atoms with Gasteiger partial charge >= 0.3 is 0 Å². The van der Waals surface area contributed by atoms with Crippen LogP contribution in [-0.2, 0) is 0 Å². The molecule has 2 nitrogen and oxygen atoms in total. The lowest BCUT2D eigenvalue weighted by Gasteiger charge is -2.13. The quantitative estimate of drug-likeness (QED) is 0.733. The number of benzene rings is 2. The lowest BCUT2D eigenvalue weighted by molar-refractivity contribution is 0.205. The number of aliphatic hydroxyl groups is 1. The summed E-state index contributed by atoms with van der Waals surface area (Å²) in [5.41, 5.74) is 0.871. The molecule has 0 aliphatic heterocycles. The van der Waals surface area contributed by atoms with E-state index in [0.717, 1.165) is 21.2 Å². The van der Waals surface area contributed by atoms with E-state index in [-0.39, 0.29) is 5.82 Å². The van der Waals surface area contributed by atoms with E-state index in [9.17, 15) is 9.50 Å². The van der Waals surface area contributed by atoms with Crippen molar-refractivity contribution in [3.05, 3.63) is 72.3 Å². The molecule has 106 valence electrons. The molecule has 1 heterocycles. The van der Waals surface area contributed by atoms with E-state index >= 15 is 0 Å². The first-order valence-electron chi connectivity index (χ1n) is 6.63. The number of thioether (sulfide) groups is 1. The molecule has 21 heavy (non-hydrogen) atoms. The fraction of sp³-hybridized carbons (Fsp3) is 0.118. The van der Waals surface area contributed by atoms with Crippen LogP contribution in [0, 0.1) is 5.82 Å². The second kappa shape index (κ2) is 6.24. The Hall–Kier alpha value is -1.91. The molecule has 0 aliphatic carbocycles. The molecule has 0 aliphatic rings. The van der Waals surface area contributed by atoms with Crippen molar-refractivity contribution in [2.24, 2.45) is 0 Å². The van der Waals surface area contributed by atoms with Crippen molar-refractivity contribution < 1.29 is 9.50 Å². The van der Waals surface area contributed by atoms with Gasteiger partial charge in [-0.25, -0.2) is 4.39 Å². The monoisotopic (exact) mass is 299 g/mol. The number of hydrogen-bond acceptors (Lipinski definition) is 3. The molecule has 1 aromatic heterocycles. The largest absolute Gasteiger partial charge is 0.388 e. The van der Waals surface area contributed by atoms with Crippen molar-refractivity contribution in [3.63, 3.8) is 0 Å². The van der Waals surface area contributed by atoms with E-state index in [0.29, 0.717) is 5.75 Å². The number of pyridine rings is 1. The zero-order chi connectivity index (χ0) is 14.7. The van der Waals surface area contributed by atoms with E-state index in [2.05, 4.69) is 4.98 Å². The molecule has 3 aromatic rings. The lowest BCUT2D eigenvalue weighted by Crippen LogP contribution is -2.01. The van der Waals surface area contributed by atoms with Gasteiger partial charge in [-0.1, -0.05) is 18.2 Å². The van der Waals surface area contributed by atoms with E-state index in [1.165, 1.54) is 23.9 Å². The zero-order valence-corrected chi connectivity index (χ0v) is 12.1. The Morgan fingerprint density at radius 1 is 1.10 bits per heavy atom. The van der Waals surface area contributed by atoms with E-state index in [1.807, 2.05) is 24.3 Å². The molecule has 0 bridgehead atoms. The third-order valence-corrected chi connectivity index (χ3v) is 4.39. The highest BCUT2D eigenvalue weighted by molar-refractivity contribution is 7.99. The predicted molar refractivity (Wildman–Crippen MR) is 83.8 cm³/mol. The van der Waals surface area contributed by atoms with Gasteiger partial charge < -0.3 is 5.11 Å². The molecular formula is C17H14FNOS. The number of halogens is 1. The Kier molecular flexibility index (Phi) is 4.18. The highest BCUT2D eigenvalue weighted by Crippen LogP contribution is 2.28. The summed E-state index contributed by atoms with van der Waals surface area (Å²) in [7, 11) is 0. The summed E-state index contributed by atoms with van der Waals surface area (Å²) < 4.78 is 12.9. The van der Waals surface area contributed by atoms with Crippen LogP contribution in [0.1, 0.15) is 11.7 Å². The van der Waals surface area contributed by atoms with Crippen LogP contribution in [0.25, 0.3) is 10.8 Å². The maximum Gasteiger partial charge on any atom is 0.123 e. The summed E-state index contributed by atoms with van der Waals surface area (Å²) in [4.78, 5) is 5.06. The Morgan fingerprint density at radius 2 is 1.90 bits per heavy atom. The Balaban J connectivity index is 1.78. The minimum absolute atomic E-state index is 0.250. The summed E-state index contributed by atoms with van der Waals surface area (Å²) in [6.45, 7) is 0. The van der Waals surface area contributed by atoms with E-state index in [4.69, 9.17) is 0 Å². The fourth-order valence-electron chi connectivity index (χ4n) is 2.22.